The Bertz CT molecular complexity index is 526. The van der Waals surface area contributed by atoms with Crippen LogP contribution in [0.4, 0.5) is 0 Å². The van der Waals surface area contributed by atoms with Crippen LogP contribution in [0.25, 0.3) is 0 Å². The van der Waals surface area contributed by atoms with E-state index in [1.165, 1.54) is 0 Å². The van der Waals surface area contributed by atoms with E-state index < -0.39 is 5.97 Å². The minimum absolute atomic E-state index is 0. The molecule has 0 atom stereocenters. The molecule has 3 aliphatic rings. The maximum atomic E-state index is 11.0. The molecule has 0 unspecified atom stereocenters. The number of hydrogen-bond donors (Lipinski definition) is 1. The third-order valence-corrected chi connectivity index (χ3v) is 2.70. The number of carboxylic acids is 1. The van der Waals surface area contributed by atoms with Crippen molar-refractivity contribution < 1.29 is 14.6 Å². The molecule has 0 bridgehead atoms. The van der Waals surface area contributed by atoms with E-state index in [-0.39, 0.29) is 12.4 Å². The number of rotatable bonds is 1. The van der Waals surface area contributed by atoms with Crippen molar-refractivity contribution in [3.63, 3.8) is 0 Å². The van der Waals surface area contributed by atoms with Gasteiger partial charge in [0.05, 0.1) is 24.1 Å². The first kappa shape index (κ1) is 11.5. The molecule has 0 radical (unpaired) electrons. The summed E-state index contributed by atoms with van der Waals surface area (Å²) < 4.78 is 5.37. The van der Waals surface area contributed by atoms with Crippen LogP contribution < -0.4 is 0 Å². The number of hydrogen-bond acceptors (Lipinski definition) is 3. The van der Waals surface area contributed by atoms with Gasteiger partial charge in [-0.25, -0.2) is 4.79 Å². The third-order valence-electron chi connectivity index (χ3n) is 2.70. The van der Waals surface area contributed by atoms with Gasteiger partial charge >= 0.3 is 5.97 Å². The molecule has 0 amide bonds. The minimum atomic E-state index is -0.879. The standard InChI is InChI=1S/C12H9NO3.ClH/c14-12(15)9-6-8-3-5-16-10-2-1-4-13(7-9)11(8)10;/h1-6H,7H2,(H,14,15);1H. The van der Waals surface area contributed by atoms with E-state index in [2.05, 4.69) is 0 Å². The summed E-state index contributed by atoms with van der Waals surface area (Å²) in [5.41, 5.74) is 2.21. The molecule has 0 aromatic carbocycles. The average Bonchev–Trinajstić information content (AvgIpc) is 2.29. The lowest BCUT2D eigenvalue weighted by molar-refractivity contribution is -0.132. The molecule has 0 fully saturated rings. The van der Waals surface area contributed by atoms with Gasteiger partial charge in [0.2, 0.25) is 0 Å². The molecule has 0 spiro atoms. The molecule has 17 heavy (non-hydrogen) atoms. The Morgan fingerprint density at radius 1 is 1.47 bits per heavy atom. The predicted molar refractivity (Wildman–Crippen MR) is 64.1 cm³/mol. The second-order valence-electron chi connectivity index (χ2n) is 3.70. The SMILES string of the molecule is Cl.O=C(O)C1=CC2=C3C(=CC=CN3C1)OC=C2. The monoisotopic (exact) mass is 251 g/mol. The van der Waals surface area contributed by atoms with Gasteiger partial charge in [-0.1, -0.05) is 0 Å². The van der Waals surface area contributed by atoms with Crippen molar-refractivity contribution >= 4 is 18.4 Å². The summed E-state index contributed by atoms with van der Waals surface area (Å²) in [6.07, 6.45) is 10.6. The number of allylic oxidation sites excluding steroid dienone is 5. The van der Waals surface area contributed by atoms with E-state index >= 15 is 0 Å². The molecule has 4 nitrogen and oxygen atoms in total. The zero-order valence-corrected chi connectivity index (χ0v) is 9.61. The Balaban J connectivity index is 0.00000108. The molecular weight excluding hydrogens is 242 g/mol. The molecule has 5 heteroatoms. The van der Waals surface area contributed by atoms with Gasteiger partial charge in [-0.15, -0.1) is 12.4 Å². The zero-order valence-electron chi connectivity index (χ0n) is 8.79. The smallest absolute Gasteiger partial charge is 0.333 e. The van der Waals surface area contributed by atoms with Crippen LogP contribution in [0.5, 0.6) is 0 Å². The number of carbonyl (C=O) groups is 1. The van der Waals surface area contributed by atoms with E-state index in [1.807, 2.05) is 23.3 Å². The predicted octanol–water partition coefficient (Wildman–Crippen LogP) is 1.94. The first-order chi connectivity index (χ1) is 7.75. The van der Waals surface area contributed by atoms with Gasteiger partial charge in [0, 0.05) is 11.8 Å². The van der Waals surface area contributed by atoms with E-state index in [1.54, 1.807) is 18.4 Å². The van der Waals surface area contributed by atoms with Crippen LogP contribution in [0.15, 0.2) is 59.4 Å². The highest BCUT2D eigenvalue weighted by Gasteiger charge is 2.27. The van der Waals surface area contributed by atoms with Crippen LogP contribution in [0.1, 0.15) is 0 Å². The topological polar surface area (TPSA) is 49.8 Å². The average molecular weight is 252 g/mol. The van der Waals surface area contributed by atoms with Crippen molar-refractivity contribution in [3.05, 3.63) is 59.4 Å². The summed E-state index contributed by atoms with van der Waals surface area (Å²) in [6, 6.07) is 0. The van der Waals surface area contributed by atoms with Crippen LogP contribution >= 0.6 is 12.4 Å². The molecule has 0 aromatic rings. The molecule has 0 saturated heterocycles. The van der Waals surface area contributed by atoms with Crippen LogP contribution in [0.3, 0.4) is 0 Å². The highest BCUT2D eigenvalue weighted by molar-refractivity contribution is 5.88. The molecule has 3 rings (SSSR count). The summed E-state index contributed by atoms with van der Waals surface area (Å²) in [5, 5.41) is 9.01. The van der Waals surface area contributed by atoms with E-state index in [0.717, 1.165) is 17.0 Å². The lowest BCUT2D eigenvalue weighted by atomic mass is 9.99. The van der Waals surface area contributed by atoms with Crippen LogP contribution in [-0.4, -0.2) is 22.5 Å². The largest absolute Gasteiger partial charge is 0.478 e. The fourth-order valence-electron chi connectivity index (χ4n) is 1.99. The van der Waals surface area contributed by atoms with Crippen molar-refractivity contribution in [2.24, 2.45) is 0 Å². The fourth-order valence-corrected chi connectivity index (χ4v) is 1.99. The van der Waals surface area contributed by atoms with Crippen molar-refractivity contribution in [2.75, 3.05) is 6.54 Å². The summed E-state index contributed by atoms with van der Waals surface area (Å²) in [5.74, 6) is -0.114. The highest BCUT2D eigenvalue weighted by Crippen LogP contribution is 2.33. The van der Waals surface area contributed by atoms with Crippen molar-refractivity contribution in [1.82, 2.24) is 4.90 Å². The van der Waals surface area contributed by atoms with Crippen molar-refractivity contribution in [1.29, 1.82) is 0 Å². The Morgan fingerprint density at radius 3 is 3.06 bits per heavy atom. The maximum absolute atomic E-state index is 11.0. The summed E-state index contributed by atoms with van der Waals surface area (Å²) >= 11 is 0. The van der Waals surface area contributed by atoms with Crippen LogP contribution in [0, 0.1) is 0 Å². The quantitative estimate of drug-likeness (QED) is 0.774. The Labute approximate surface area is 104 Å². The summed E-state index contributed by atoms with van der Waals surface area (Å²) in [7, 11) is 0. The number of aliphatic carboxylic acids is 1. The second kappa shape index (κ2) is 4.14. The van der Waals surface area contributed by atoms with Gasteiger partial charge in [-0.3, -0.25) is 0 Å². The third kappa shape index (κ3) is 1.76. The van der Waals surface area contributed by atoms with Gasteiger partial charge in [0.1, 0.15) is 0 Å². The highest BCUT2D eigenvalue weighted by atomic mass is 35.5. The Kier molecular flexibility index (Phi) is 2.81. The molecule has 0 aromatic heterocycles. The van der Waals surface area contributed by atoms with E-state index in [0.29, 0.717) is 12.1 Å². The Morgan fingerprint density at radius 2 is 2.29 bits per heavy atom. The zero-order chi connectivity index (χ0) is 11.1. The van der Waals surface area contributed by atoms with Crippen molar-refractivity contribution in [2.45, 2.75) is 0 Å². The molecule has 0 aliphatic carbocycles. The number of halogens is 1. The van der Waals surface area contributed by atoms with Gasteiger partial charge in [-0.05, 0) is 24.3 Å². The first-order valence-electron chi connectivity index (χ1n) is 4.92. The van der Waals surface area contributed by atoms with E-state index in [9.17, 15) is 4.79 Å². The second-order valence-corrected chi connectivity index (χ2v) is 3.70. The van der Waals surface area contributed by atoms with Gasteiger partial charge < -0.3 is 14.7 Å². The van der Waals surface area contributed by atoms with E-state index in [4.69, 9.17) is 9.84 Å². The van der Waals surface area contributed by atoms with Crippen LogP contribution in [-0.2, 0) is 9.53 Å². The molecule has 3 aliphatic heterocycles. The summed E-state index contributed by atoms with van der Waals surface area (Å²) in [4.78, 5) is 12.9. The number of carboxylic acid groups (broad SMARTS) is 1. The number of nitrogens with zero attached hydrogens (tertiary/aromatic N) is 1. The molecule has 3 heterocycles. The fraction of sp³-hybridized carbons (Fsp3) is 0.0833. The minimum Gasteiger partial charge on any atom is -0.478 e. The first-order valence-corrected chi connectivity index (χ1v) is 4.92. The Hall–Kier alpha value is -1.94. The normalized spacial score (nSPS) is 19.9. The lowest BCUT2D eigenvalue weighted by Gasteiger charge is -2.33. The molecule has 0 saturated carbocycles. The summed E-state index contributed by atoms with van der Waals surface area (Å²) in [6.45, 7) is 0.374. The molecule has 88 valence electrons. The molecule has 1 N–H and O–H groups in total. The van der Waals surface area contributed by atoms with Gasteiger partial charge in [-0.2, -0.15) is 0 Å². The van der Waals surface area contributed by atoms with Crippen molar-refractivity contribution in [3.8, 4) is 0 Å². The maximum Gasteiger partial charge on any atom is 0.333 e. The van der Waals surface area contributed by atoms with Crippen LogP contribution in [0.2, 0.25) is 0 Å². The molecular formula is C12H10ClNO3. The lowest BCUT2D eigenvalue weighted by Crippen LogP contribution is -2.30. The van der Waals surface area contributed by atoms with Gasteiger partial charge in [0.15, 0.2) is 5.76 Å². The number of ether oxygens (including phenoxy) is 1. The van der Waals surface area contributed by atoms with Gasteiger partial charge in [0.25, 0.3) is 0 Å².